The number of hydrogen-bond acceptors (Lipinski definition) is 4. The standard InChI is InChI=1S/C10H12N4O.ClH/c1-15-10-5-3-2-4-9(10)14-7-8(6-11)12-13-14;/h2-5,7H,6,11H2,1H3;1H. The number of rotatable bonds is 3. The first-order chi connectivity index (χ1) is 7.35. The molecule has 0 unspecified atom stereocenters. The third kappa shape index (κ3) is 2.32. The van der Waals surface area contributed by atoms with Crippen LogP contribution in [0.4, 0.5) is 0 Å². The van der Waals surface area contributed by atoms with Crippen molar-refractivity contribution in [3.63, 3.8) is 0 Å². The molecule has 0 aliphatic carbocycles. The van der Waals surface area contributed by atoms with Crippen LogP contribution >= 0.6 is 12.4 Å². The van der Waals surface area contributed by atoms with E-state index in [9.17, 15) is 0 Å². The van der Waals surface area contributed by atoms with Gasteiger partial charge < -0.3 is 10.5 Å². The highest BCUT2D eigenvalue weighted by atomic mass is 35.5. The number of nitrogens with zero attached hydrogens (tertiary/aromatic N) is 3. The molecule has 2 aromatic rings. The first-order valence-electron chi connectivity index (χ1n) is 4.60. The van der Waals surface area contributed by atoms with Crippen LogP contribution in [0.3, 0.4) is 0 Å². The fourth-order valence-corrected chi connectivity index (χ4v) is 1.33. The summed E-state index contributed by atoms with van der Waals surface area (Å²) in [6.07, 6.45) is 1.79. The molecule has 0 saturated carbocycles. The topological polar surface area (TPSA) is 66.0 Å². The van der Waals surface area contributed by atoms with Gasteiger partial charge in [-0.2, -0.15) is 0 Å². The lowest BCUT2D eigenvalue weighted by Gasteiger charge is -2.06. The van der Waals surface area contributed by atoms with Crippen molar-refractivity contribution in [2.24, 2.45) is 5.73 Å². The minimum atomic E-state index is 0. The van der Waals surface area contributed by atoms with Crippen LogP contribution in [-0.4, -0.2) is 22.1 Å². The first kappa shape index (κ1) is 12.5. The number of hydrogen-bond donors (Lipinski definition) is 1. The van der Waals surface area contributed by atoms with E-state index in [1.807, 2.05) is 24.3 Å². The molecule has 1 aromatic carbocycles. The molecule has 0 atom stereocenters. The van der Waals surface area contributed by atoms with Crippen LogP contribution < -0.4 is 10.5 Å². The van der Waals surface area contributed by atoms with Crippen molar-refractivity contribution in [1.29, 1.82) is 0 Å². The Labute approximate surface area is 99.6 Å². The van der Waals surface area contributed by atoms with E-state index in [0.717, 1.165) is 17.1 Å². The van der Waals surface area contributed by atoms with Crippen molar-refractivity contribution in [3.05, 3.63) is 36.2 Å². The van der Waals surface area contributed by atoms with Crippen LogP contribution in [0.2, 0.25) is 0 Å². The normalized spacial score (nSPS) is 9.62. The molecule has 5 nitrogen and oxygen atoms in total. The van der Waals surface area contributed by atoms with Crippen LogP contribution in [-0.2, 0) is 6.54 Å². The molecule has 0 aliphatic heterocycles. The Morgan fingerprint density at radius 2 is 2.12 bits per heavy atom. The van der Waals surface area contributed by atoms with E-state index in [2.05, 4.69) is 10.3 Å². The van der Waals surface area contributed by atoms with Gasteiger partial charge in [0.05, 0.1) is 19.0 Å². The number of para-hydroxylation sites is 2. The highest BCUT2D eigenvalue weighted by Crippen LogP contribution is 2.20. The fourth-order valence-electron chi connectivity index (χ4n) is 1.33. The van der Waals surface area contributed by atoms with Gasteiger partial charge in [-0.1, -0.05) is 17.3 Å². The van der Waals surface area contributed by atoms with E-state index >= 15 is 0 Å². The van der Waals surface area contributed by atoms with Gasteiger partial charge in [-0.3, -0.25) is 0 Å². The molecule has 0 spiro atoms. The minimum absolute atomic E-state index is 0. The summed E-state index contributed by atoms with van der Waals surface area (Å²) in [6, 6.07) is 7.61. The summed E-state index contributed by atoms with van der Waals surface area (Å²) in [6.45, 7) is 0.384. The van der Waals surface area contributed by atoms with Gasteiger partial charge in [0.25, 0.3) is 0 Å². The van der Waals surface area contributed by atoms with E-state index in [1.165, 1.54) is 0 Å². The first-order valence-corrected chi connectivity index (χ1v) is 4.60. The molecule has 0 saturated heterocycles. The van der Waals surface area contributed by atoms with Crippen LogP contribution in [0, 0.1) is 0 Å². The molecule has 0 fully saturated rings. The van der Waals surface area contributed by atoms with Crippen LogP contribution in [0.5, 0.6) is 5.75 Å². The molecule has 0 amide bonds. The molecule has 0 bridgehead atoms. The van der Waals surface area contributed by atoms with Gasteiger partial charge in [0.1, 0.15) is 11.4 Å². The van der Waals surface area contributed by atoms with Crippen molar-refractivity contribution >= 4 is 12.4 Å². The van der Waals surface area contributed by atoms with Crippen LogP contribution in [0.15, 0.2) is 30.5 Å². The second kappa shape index (κ2) is 5.48. The zero-order chi connectivity index (χ0) is 10.7. The lowest BCUT2D eigenvalue weighted by Crippen LogP contribution is -1.98. The zero-order valence-electron chi connectivity index (χ0n) is 8.83. The maximum Gasteiger partial charge on any atom is 0.144 e. The molecule has 16 heavy (non-hydrogen) atoms. The Balaban J connectivity index is 0.00000128. The van der Waals surface area contributed by atoms with Gasteiger partial charge in [0, 0.05) is 6.54 Å². The zero-order valence-corrected chi connectivity index (χ0v) is 9.65. The Bertz CT molecular complexity index is 458. The van der Waals surface area contributed by atoms with E-state index in [0.29, 0.717) is 6.54 Å². The van der Waals surface area contributed by atoms with Crippen LogP contribution in [0.25, 0.3) is 5.69 Å². The predicted molar refractivity (Wildman–Crippen MR) is 63.1 cm³/mol. The number of aromatic nitrogens is 3. The maximum atomic E-state index is 5.46. The number of halogens is 1. The van der Waals surface area contributed by atoms with Crippen molar-refractivity contribution in [2.45, 2.75) is 6.54 Å². The van der Waals surface area contributed by atoms with Gasteiger partial charge in [-0.15, -0.1) is 17.5 Å². The van der Waals surface area contributed by atoms with Gasteiger partial charge in [-0.05, 0) is 12.1 Å². The summed E-state index contributed by atoms with van der Waals surface area (Å²) >= 11 is 0. The van der Waals surface area contributed by atoms with Gasteiger partial charge in [-0.25, -0.2) is 4.68 Å². The number of ether oxygens (including phenoxy) is 1. The SMILES string of the molecule is COc1ccccc1-n1cc(CN)nn1.Cl. The summed E-state index contributed by atoms with van der Waals surface area (Å²) in [4.78, 5) is 0. The number of methoxy groups -OCH3 is 1. The summed E-state index contributed by atoms with van der Waals surface area (Å²) in [5, 5.41) is 7.89. The second-order valence-electron chi connectivity index (χ2n) is 3.03. The number of benzene rings is 1. The predicted octanol–water partition coefficient (Wildman–Crippen LogP) is 1.16. The third-order valence-corrected chi connectivity index (χ3v) is 2.08. The minimum Gasteiger partial charge on any atom is -0.494 e. The Morgan fingerprint density at radius 3 is 2.75 bits per heavy atom. The van der Waals surface area contributed by atoms with Crippen molar-refractivity contribution in [1.82, 2.24) is 15.0 Å². The number of nitrogens with two attached hydrogens (primary N) is 1. The fraction of sp³-hybridized carbons (Fsp3) is 0.200. The highest BCUT2D eigenvalue weighted by molar-refractivity contribution is 5.85. The molecule has 86 valence electrons. The molecule has 1 heterocycles. The van der Waals surface area contributed by atoms with Crippen molar-refractivity contribution in [2.75, 3.05) is 7.11 Å². The summed E-state index contributed by atoms with van der Waals surface area (Å²) in [5.41, 5.74) is 7.07. The molecule has 0 radical (unpaired) electrons. The molecular formula is C10H13ClN4O. The lowest BCUT2D eigenvalue weighted by molar-refractivity contribution is 0.411. The summed E-state index contributed by atoms with van der Waals surface area (Å²) in [5.74, 6) is 0.756. The van der Waals surface area contributed by atoms with Crippen LogP contribution in [0.1, 0.15) is 5.69 Å². The highest BCUT2D eigenvalue weighted by Gasteiger charge is 2.06. The quantitative estimate of drug-likeness (QED) is 0.874. The molecule has 0 aliphatic rings. The average molecular weight is 241 g/mol. The van der Waals surface area contributed by atoms with Gasteiger partial charge in [0.15, 0.2) is 0 Å². The van der Waals surface area contributed by atoms with E-state index in [1.54, 1.807) is 18.0 Å². The molecular weight excluding hydrogens is 228 g/mol. The largest absolute Gasteiger partial charge is 0.494 e. The Morgan fingerprint density at radius 1 is 1.38 bits per heavy atom. The van der Waals surface area contributed by atoms with Crippen molar-refractivity contribution < 1.29 is 4.74 Å². The monoisotopic (exact) mass is 240 g/mol. The van der Waals surface area contributed by atoms with Gasteiger partial charge in [0.2, 0.25) is 0 Å². The Kier molecular flexibility index (Phi) is 4.28. The second-order valence-corrected chi connectivity index (χ2v) is 3.03. The molecule has 2 N–H and O–H groups in total. The average Bonchev–Trinajstić information content (AvgIpc) is 2.77. The summed E-state index contributed by atoms with van der Waals surface area (Å²) in [7, 11) is 1.62. The molecule has 6 heteroatoms. The maximum absolute atomic E-state index is 5.46. The Hall–Kier alpha value is -1.59. The third-order valence-electron chi connectivity index (χ3n) is 2.08. The van der Waals surface area contributed by atoms with E-state index < -0.39 is 0 Å². The van der Waals surface area contributed by atoms with E-state index in [4.69, 9.17) is 10.5 Å². The van der Waals surface area contributed by atoms with E-state index in [-0.39, 0.29) is 12.4 Å². The summed E-state index contributed by atoms with van der Waals surface area (Å²) < 4.78 is 6.88. The molecule has 2 rings (SSSR count). The smallest absolute Gasteiger partial charge is 0.144 e. The lowest BCUT2D eigenvalue weighted by atomic mass is 10.3. The molecule has 1 aromatic heterocycles. The van der Waals surface area contributed by atoms with Gasteiger partial charge >= 0.3 is 0 Å². The van der Waals surface area contributed by atoms with Crippen molar-refractivity contribution in [3.8, 4) is 11.4 Å².